The fourth-order valence-electron chi connectivity index (χ4n) is 8.41. The largest absolute Gasteiger partial charge is 0.255 e. The first-order chi connectivity index (χ1) is 24.1. The van der Waals surface area contributed by atoms with E-state index in [1.54, 1.807) is 0 Å². The van der Waals surface area contributed by atoms with Crippen molar-refractivity contribution in [1.82, 2.24) is 19.9 Å². The van der Waals surface area contributed by atoms with E-state index in [-0.39, 0.29) is 32.5 Å². The van der Waals surface area contributed by atoms with Crippen molar-refractivity contribution >= 4 is 0 Å². The quantitative estimate of drug-likeness (QED) is 0.184. The van der Waals surface area contributed by atoms with Gasteiger partial charge in [0.1, 0.15) is 0 Å². The molecule has 2 heterocycles. The molecule has 2 atom stereocenters. The molecule has 0 amide bonds. The Kier molecular flexibility index (Phi) is 8.11. The minimum absolute atomic E-state index is 0.0168. The van der Waals surface area contributed by atoms with Crippen LogP contribution in [0.5, 0.6) is 0 Å². The van der Waals surface area contributed by atoms with Crippen molar-refractivity contribution in [2.45, 2.75) is 130 Å². The second-order valence-corrected chi connectivity index (χ2v) is 19.7. The van der Waals surface area contributed by atoms with Crippen LogP contribution in [0.4, 0.5) is 0 Å². The average Bonchev–Trinajstić information content (AvgIpc) is 3.70. The first-order valence-corrected chi connectivity index (χ1v) is 19.2. The van der Waals surface area contributed by atoms with Gasteiger partial charge in [-0.15, -0.1) is 0 Å². The number of fused-ring (bicyclic) bond motifs is 1. The minimum atomic E-state index is 0.0168. The fraction of sp³-hybridized carbons (Fsp3) is 0.458. The zero-order valence-electron chi connectivity index (χ0n) is 34.1. The summed E-state index contributed by atoms with van der Waals surface area (Å²) in [7, 11) is 0. The Bertz CT molecular complexity index is 2080. The van der Waals surface area contributed by atoms with E-state index in [1.165, 1.54) is 39.8 Å². The number of aromatic nitrogens is 4. The van der Waals surface area contributed by atoms with E-state index in [0.717, 1.165) is 22.4 Å². The van der Waals surface area contributed by atoms with Crippen molar-refractivity contribution in [2.75, 3.05) is 0 Å². The van der Waals surface area contributed by atoms with Crippen LogP contribution >= 0.6 is 0 Å². The molecule has 1 fully saturated rings. The number of nitrogens with zero attached hydrogens (tertiary/aromatic N) is 4. The van der Waals surface area contributed by atoms with Gasteiger partial charge in [-0.05, 0) is 90.8 Å². The van der Waals surface area contributed by atoms with Gasteiger partial charge in [0.2, 0.25) is 0 Å². The van der Waals surface area contributed by atoms with E-state index >= 15 is 0 Å². The van der Waals surface area contributed by atoms with Crippen molar-refractivity contribution in [3.05, 3.63) is 107 Å². The van der Waals surface area contributed by atoms with Crippen molar-refractivity contribution in [3.8, 4) is 45.4 Å². The Labute approximate surface area is 313 Å². The van der Waals surface area contributed by atoms with Gasteiger partial charge in [-0.1, -0.05) is 152 Å². The molecule has 5 aromatic rings. The summed E-state index contributed by atoms with van der Waals surface area (Å²) in [6.45, 7) is 32.8. The van der Waals surface area contributed by atoms with Crippen LogP contribution in [0.15, 0.2) is 79.0 Å². The van der Waals surface area contributed by atoms with Crippen LogP contribution in [0.3, 0.4) is 0 Å². The van der Waals surface area contributed by atoms with E-state index in [2.05, 4.69) is 170 Å². The van der Waals surface area contributed by atoms with Crippen LogP contribution in [0.1, 0.15) is 131 Å². The summed E-state index contributed by atoms with van der Waals surface area (Å²) in [5.41, 5.74) is 12.5. The molecule has 0 saturated heterocycles. The SMILES string of the molecule is C[C@@H]1CC1(C)c1cc2c(cc1-c1ccc(-c3nc(-c4ccc(C(C)(C)C)cc4)nc(-c4ccc(C(C)(C)C)cc4)n3)cn1)C(C)(C)C(C)(C)C2(C)C. The van der Waals surface area contributed by atoms with Gasteiger partial charge in [-0.2, -0.15) is 0 Å². The molecule has 0 N–H and O–H groups in total. The highest BCUT2D eigenvalue weighted by Gasteiger charge is 2.58. The van der Waals surface area contributed by atoms with Crippen LogP contribution < -0.4 is 0 Å². The van der Waals surface area contributed by atoms with Crippen molar-refractivity contribution in [1.29, 1.82) is 0 Å². The summed E-state index contributed by atoms with van der Waals surface area (Å²) in [6.07, 6.45) is 3.16. The maximum atomic E-state index is 5.18. The normalized spacial score (nSPS) is 21.5. The predicted molar refractivity (Wildman–Crippen MR) is 218 cm³/mol. The van der Waals surface area contributed by atoms with Crippen molar-refractivity contribution < 1.29 is 0 Å². The third-order valence-corrected chi connectivity index (χ3v) is 13.9. The summed E-state index contributed by atoms with van der Waals surface area (Å²) in [5.74, 6) is 2.59. The fourth-order valence-corrected chi connectivity index (χ4v) is 8.41. The molecule has 3 aromatic carbocycles. The highest BCUT2D eigenvalue weighted by atomic mass is 15.0. The zero-order chi connectivity index (χ0) is 37.8. The highest BCUT2D eigenvalue weighted by molar-refractivity contribution is 5.73. The maximum Gasteiger partial charge on any atom is 0.165 e. The molecule has 2 aromatic heterocycles. The minimum Gasteiger partial charge on any atom is -0.255 e. The first kappa shape index (κ1) is 36.2. The molecular weight excluding hydrogens is 633 g/mol. The Morgan fingerprint density at radius 1 is 0.538 bits per heavy atom. The van der Waals surface area contributed by atoms with Crippen LogP contribution in [-0.2, 0) is 27.1 Å². The Balaban J connectivity index is 1.34. The lowest BCUT2D eigenvalue weighted by atomic mass is 9.59. The summed E-state index contributed by atoms with van der Waals surface area (Å²) in [4.78, 5) is 20.3. The molecule has 0 spiro atoms. The number of rotatable bonds is 5. The van der Waals surface area contributed by atoms with Crippen molar-refractivity contribution in [2.24, 2.45) is 11.3 Å². The zero-order valence-corrected chi connectivity index (χ0v) is 34.1. The second-order valence-electron chi connectivity index (χ2n) is 19.7. The average molecular weight is 691 g/mol. The molecule has 1 unspecified atom stereocenters. The van der Waals surface area contributed by atoms with Gasteiger partial charge in [0.15, 0.2) is 17.5 Å². The Hall–Kier alpha value is -4.18. The van der Waals surface area contributed by atoms with Gasteiger partial charge >= 0.3 is 0 Å². The molecule has 0 radical (unpaired) electrons. The van der Waals surface area contributed by atoms with E-state index in [0.29, 0.717) is 23.4 Å². The lowest BCUT2D eigenvalue weighted by molar-refractivity contribution is 0.125. The van der Waals surface area contributed by atoms with Crippen LogP contribution in [0.2, 0.25) is 0 Å². The number of hydrogen-bond acceptors (Lipinski definition) is 4. The lowest BCUT2D eigenvalue weighted by Crippen LogP contribution is -2.42. The summed E-state index contributed by atoms with van der Waals surface area (Å²) >= 11 is 0. The van der Waals surface area contributed by atoms with Gasteiger partial charge in [0, 0.05) is 28.5 Å². The molecule has 0 aliphatic heterocycles. The topological polar surface area (TPSA) is 51.6 Å². The Morgan fingerprint density at radius 2 is 0.942 bits per heavy atom. The second kappa shape index (κ2) is 11.7. The predicted octanol–water partition coefficient (Wildman–Crippen LogP) is 12.4. The molecule has 2 aliphatic rings. The lowest BCUT2D eigenvalue weighted by Gasteiger charge is -2.44. The van der Waals surface area contributed by atoms with Crippen molar-refractivity contribution in [3.63, 3.8) is 0 Å². The Morgan fingerprint density at radius 3 is 1.33 bits per heavy atom. The third kappa shape index (κ3) is 5.72. The molecule has 1 saturated carbocycles. The van der Waals surface area contributed by atoms with Crippen LogP contribution in [0, 0.1) is 11.3 Å². The molecule has 7 rings (SSSR count). The van der Waals surface area contributed by atoms with E-state index in [1.807, 2.05) is 6.20 Å². The molecule has 0 bridgehead atoms. The van der Waals surface area contributed by atoms with E-state index in [4.69, 9.17) is 19.9 Å². The number of hydrogen-bond donors (Lipinski definition) is 0. The third-order valence-electron chi connectivity index (χ3n) is 13.9. The highest BCUT2D eigenvalue weighted by Crippen LogP contribution is 2.64. The molecule has 4 heteroatoms. The first-order valence-electron chi connectivity index (χ1n) is 19.2. The molecule has 270 valence electrons. The standard InChI is InChI=1S/C48H58N4/c1-29-27-48(29,14)36-26-38-37(45(8,9)47(12,13)46(38,10)11)25-35(36)39-24-19-32(28-49-39)42-51-40(30-15-20-33(21-16-30)43(2,3)4)50-41(52-42)31-17-22-34(23-18-31)44(5,6)7/h15-26,28-29H,27H2,1-14H3/t29-,48?/m1/s1. The van der Waals surface area contributed by atoms with Gasteiger partial charge < -0.3 is 0 Å². The monoisotopic (exact) mass is 690 g/mol. The summed E-state index contributed by atoms with van der Waals surface area (Å²) < 4.78 is 0. The molecular formula is C48H58N4. The smallest absolute Gasteiger partial charge is 0.165 e. The number of pyridine rings is 1. The van der Waals surface area contributed by atoms with Gasteiger partial charge in [0.25, 0.3) is 0 Å². The van der Waals surface area contributed by atoms with E-state index in [9.17, 15) is 0 Å². The van der Waals surface area contributed by atoms with Gasteiger partial charge in [-0.25, -0.2) is 15.0 Å². The summed E-state index contributed by atoms with van der Waals surface area (Å²) in [5, 5.41) is 0. The number of benzene rings is 3. The maximum absolute atomic E-state index is 5.18. The van der Waals surface area contributed by atoms with Gasteiger partial charge in [-0.3, -0.25) is 4.98 Å². The van der Waals surface area contributed by atoms with Crippen LogP contribution in [0.25, 0.3) is 45.4 Å². The van der Waals surface area contributed by atoms with Gasteiger partial charge in [0.05, 0.1) is 5.69 Å². The van der Waals surface area contributed by atoms with E-state index < -0.39 is 0 Å². The molecule has 2 aliphatic carbocycles. The molecule has 52 heavy (non-hydrogen) atoms. The van der Waals surface area contributed by atoms with Crippen LogP contribution in [-0.4, -0.2) is 19.9 Å². The molecule has 4 nitrogen and oxygen atoms in total. The summed E-state index contributed by atoms with van der Waals surface area (Å²) in [6, 6.07) is 26.6.